The Balaban J connectivity index is 2.73. The molecule has 0 aromatic heterocycles. The molecule has 0 amide bonds. The first kappa shape index (κ1) is 9.09. The predicted octanol–water partition coefficient (Wildman–Crippen LogP) is 3.86. The zero-order valence-corrected chi connectivity index (χ0v) is 8.70. The maximum Gasteiger partial charge on any atom is -0.0314 e. The highest BCUT2D eigenvalue weighted by atomic mass is 14.5. The lowest BCUT2D eigenvalue weighted by Gasteiger charge is -2.37. The Kier molecular flexibility index (Phi) is 2.07. The Labute approximate surface area is 71.4 Å². The van der Waals surface area contributed by atoms with Crippen molar-refractivity contribution in [1.82, 2.24) is 0 Å². The van der Waals surface area contributed by atoms with E-state index in [4.69, 9.17) is 0 Å². The fraction of sp³-hybridized carbons (Fsp3) is 1.00. The van der Waals surface area contributed by atoms with Crippen LogP contribution in [0.1, 0.15) is 53.9 Å². The minimum Gasteiger partial charge on any atom is -0.0599 e. The van der Waals surface area contributed by atoms with E-state index in [-0.39, 0.29) is 0 Å². The average molecular weight is 154 g/mol. The number of hydrogen-bond acceptors (Lipinski definition) is 0. The van der Waals surface area contributed by atoms with E-state index in [0.29, 0.717) is 10.8 Å². The molecule has 1 aliphatic rings. The van der Waals surface area contributed by atoms with Crippen molar-refractivity contribution >= 4 is 0 Å². The fourth-order valence-electron chi connectivity index (χ4n) is 2.93. The predicted molar refractivity (Wildman–Crippen MR) is 50.6 cm³/mol. The van der Waals surface area contributed by atoms with Crippen LogP contribution < -0.4 is 0 Å². The Bertz CT molecular complexity index is 137. The van der Waals surface area contributed by atoms with Crippen molar-refractivity contribution in [2.45, 2.75) is 53.9 Å². The molecule has 0 heteroatoms. The lowest BCUT2D eigenvalue weighted by atomic mass is 9.68. The summed E-state index contributed by atoms with van der Waals surface area (Å²) in [5.74, 6) is 0.926. The van der Waals surface area contributed by atoms with Gasteiger partial charge in [0.2, 0.25) is 0 Å². The van der Waals surface area contributed by atoms with Crippen LogP contribution in [0.3, 0.4) is 0 Å². The van der Waals surface area contributed by atoms with Gasteiger partial charge in [0.25, 0.3) is 0 Å². The van der Waals surface area contributed by atoms with Crippen molar-refractivity contribution in [3.63, 3.8) is 0 Å². The maximum atomic E-state index is 2.43. The molecular formula is C11H22. The van der Waals surface area contributed by atoms with Crippen molar-refractivity contribution in [2.75, 3.05) is 0 Å². The van der Waals surface area contributed by atoms with Gasteiger partial charge < -0.3 is 0 Å². The van der Waals surface area contributed by atoms with Crippen LogP contribution in [-0.2, 0) is 0 Å². The lowest BCUT2D eigenvalue weighted by molar-refractivity contribution is 0.121. The normalized spacial score (nSPS) is 30.8. The highest BCUT2D eigenvalue weighted by Crippen LogP contribution is 2.50. The summed E-state index contributed by atoms with van der Waals surface area (Å²) in [7, 11) is 0. The second-order valence-corrected chi connectivity index (χ2v) is 5.80. The van der Waals surface area contributed by atoms with Gasteiger partial charge in [-0.05, 0) is 29.6 Å². The van der Waals surface area contributed by atoms with E-state index < -0.39 is 0 Å². The van der Waals surface area contributed by atoms with Crippen molar-refractivity contribution in [3.05, 3.63) is 0 Å². The van der Waals surface area contributed by atoms with Crippen LogP contribution in [0.2, 0.25) is 0 Å². The summed E-state index contributed by atoms with van der Waals surface area (Å²) in [5, 5.41) is 0. The van der Waals surface area contributed by atoms with Crippen LogP contribution in [0.5, 0.6) is 0 Å². The minimum absolute atomic E-state index is 0.514. The molecule has 0 bridgehead atoms. The molecule has 1 aliphatic carbocycles. The molecule has 0 N–H and O–H groups in total. The summed E-state index contributed by atoms with van der Waals surface area (Å²) >= 11 is 0. The largest absolute Gasteiger partial charge is 0.0599 e. The molecule has 1 atom stereocenters. The highest BCUT2D eigenvalue weighted by Gasteiger charge is 2.41. The van der Waals surface area contributed by atoms with Crippen molar-refractivity contribution in [3.8, 4) is 0 Å². The van der Waals surface area contributed by atoms with Crippen molar-refractivity contribution in [1.29, 1.82) is 0 Å². The van der Waals surface area contributed by atoms with E-state index in [9.17, 15) is 0 Å². The van der Waals surface area contributed by atoms with E-state index in [1.807, 2.05) is 0 Å². The molecule has 0 nitrogen and oxygen atoms in total. The van der Waals surface area contributed by atoms with Crippen LogP contribution in [0.25, 0.3) is 0 Å². The Morgan fingerprint density at radius 3 is 1.91 bits per heavy atom. The topological polar surface area (TPSA) is 0 Å². The molecule has 0 radical (unpaired) electrons. The monoisotopic (exact) mass is 154 g/mol. The average Bonchev–Trinajstić information content (AvgIpc) is 2.06. The first-order valence-corrected chi connectivity index (χ1v) is 4.84. The quantitative estimate of drug-likeness (QED) is 0.497. The summed E-state index contributed by atoms with van der Waals surface area (Å²) < 4.78 is 0. The van der Waals surface area contributed by atoms with Crippen molar-refractivity contribution in [2.24, 2.45) is 16.7 Å². The summed E-state index contributed by atoms with van der Waals surface area (Å²) in [6.45, 7) is 12.0. The standard InChI is InChI=1S/C11H22/c1-10(2,3)9-7-6-8-11(9,4)5/h9H,6-8H2,1-5H3/t9-/m1/s1. The molecule has 0 aromatic carbocycles. The van der Waals surface area contributed by atoms with Gasteiger partial charge in [-0.1, -0.05) is 41.0 Å². The zero-order chi connectivity index (χ0) is 8.70. The Morgan fingerprint density at radius 2 is 1.73 bits per heavy atom. The van der Waals surface area contributed by atoms with E-state index >= 15 is 0 Å². The lowest BCUT2D eigenvalue weighted by Crippen LogP contribution is -2.29. The molecule has 1 rings (SSSR count). The number of hydrogen-bond donors (Lipinski definition) is 0. The van der Waals surface area contributed by atoms with Crippen molar-refractivity contribution < 1.29 is 0 Å². The van der Waals surface area contributed by atoms with Gasteiger partial charge in [0.05, 0.1) is 0 Å². The van der Waals surface area contributed by atoms with E-state index in [1.165, 1.54) is 19.3 Å². The second-order valence-electron chi connectivity index (χ2n) is 5.80. The van der Waals surface area contributed by atoms with Crippen LogP contribution in [0, 0.1) is 16.7 Å². The highest BCUT2D eigenvalue weighted by molar-refractivity contribution is 4.91. The molecule has 1 saturated carbocycles. The first-order chi connectivity index (χ1) is 4.84. The second kappa shape index (κ2) is 2.50. The van der Waals surface area contributed by atoms with Crippen LogP contribution >= 0.6 is 0 Å². The van der Waals surface area contributed by atoms with Gasteiger partial charge in [-0.2, -0.15) is 0 Å². The summed E-state index contributed by atoms with van der Waals surface area (Å²) in [6.07, 6.45) is 4.31. The molecule has 0 saturated heterocycles. The van der Waals surface area contributed by atoms with Gasteiger partial charge in [0.15, 0.2) is 0 Å². The van der Waals surface area contributed by atoms with E-state index in [2.05, 4.69) is 34.6 Å². The third-order valence-corrected chi connectivity index (χ3v) is 3.30. The molecule has 66 valence electrons. The fourth-order valence-corrected chi connectivity index (χ4v) is 2.93. The Hall–Kier alpha value is 0. The molecule has 1 fully saturated rings. The van der Waals surface area contributed by atoms with Gasteiger partial charge in [0.1, 0.15) is 0 Å². The van der Waals surface area contributed by atoms with Crippen LogP contribution in [-0.4, -0.2) is 0 Å². The smallest absolute Gasteiger partial charge is 0.0314 e. The summed E-state index contributed by atoms with van der Waals surface area (Å²) in [5.41, 5.74) is 1.11. The van der Waals surface area contributed by atoms with Gasteiger partial charge >= 0.3 is 0 Å². The molecule has 0 aliphatic heterocycles. The molecule has 0 unspecified atom stereocenters. The van der Waals surface area contributed by atoms with Gasteiger partial charge in [-0.15, -0.1) is 0 Å². The SMILES string of the molecule is CC(C)(C)[C@H]1CCCC1(C)C. The third-order valence-electron chi connectivity index (χ3n) is 3.30. The molecule has 0 heterocycles. The maximum absolute atomic E-state index is 2.43. The molecule has 0 spiro atoms. The molecule has 0 aromatic rings. The third kappa shape index (κ3) is 1.77. The van der Waals surface area contributed by atoms with E-state index in [0.717, 1.165) is 5.92 Å². The van der Waals surface area contributed by atoms with Crippen LogP contribution in [0.15, 0.2) is 0 Å². The van der Waals surface area contributed by atoms with Crippen LogP contribution in [0.4, 0.5) is 0 Å². The zero-order valence-electron chi connectivity index (χ0n) is 8.70. The van der Waals surface area contributed by atoms with Gasteiger partial charge in [-0.25, -0.2) is 0 Å². The minimum atomic E-state index is 0.514. The Morgan fingerprint density at radius 1 is 1.18 bits per heavy atom. The summed E-state index contributed by atoms with van der Waals surface area (Å²) in [6, 6.07) is 0. The number of rotatable bonds is 0. The van der Waals surface area contributed by atoms with Gasteiger partial charge in [0, 0.05) is 0 Å². The van der Waals surface area contributed by atoms with E-state index in [1.54, 1.807) is 0 Å². The molecule has 11 heavy (non-hydrogen) atoms. The van der Waals surface area contributed by atoms with Gasteiger partial charge in [-0.3, -0.25) is 0 Å². The molecular weight excluding hydrogens is 132 g/mol. The summed E-state index contributed by atoms with van der Waals surface area (Å²) in [4.78, 5) is 0. The first-order valence-electron chi connectivity index (χ1n) is 4.84.